The lowest BCUT2D eigenvalue weighted by Crippen LogP contribution is -2.01. The summed E-state index contributed by atoms with van der Waals surface area (Å²) in [6, 6.07) is 14.1. The van der Waals surface area contributed by atoms with Crippen molar-refractivity contribution in [3.05, 3.63) is 70.8 Å². The number of carbonyl (C=O) groups is 2. The van der Waals surface area contributed by atoms with Gasteiger partial charge in [-0.15, -0.1) is 0 Å². The molecule has 0 spiro atoms. The number of carboxylic acid groups (broad SMARTS) is 1. The van der Waals surface area contributed by atoms with Crippen molar-refractivity contribution in [1.29, 1.82) is 0 Å². The first kappa shape index (κ1) is 16.5. The van der Waals surface area contributed by atoms with E-state index in [9.17, 15) is 14.7 Å². The molecule has 4 heteroatoms. The number of carboxylic acids is 1. The molecule has 0 aliphatic carbocycles. The molecular weight excluding hydrogens is 292 g/mol. The Morgan fingerprint density at radius 1 is 1.00 bits per heavy atom. The molecule has 118 valence electrons. The van der Waals surface area contributed by atoms with Gasteiger partial charge < -0.3 is 9.84 Å². The van der Waals surface area contributed by atoms with Crippen molar-refractivity contribution in [2.75, 3.05) is 7.11 Å². The number of aliphatic carboxylic acids is 1. The molecule has 0 amide bonds. The molecule has 0 unspecified atom stereocenters. The van der Waals surface area contributed by atoms with Crippen LogP contribution in [0.4, 0.5) is 0 Å². The fourth-order valence-electron chi connectivity index (χ4n) is 2.19. The zero-order valence-electron chi connectivity index (χ0n) is 13.1. The van der Waals surface area contributed by atoms with Crippen molar-refractivity contribution in [3.63, 3.8) is 0 Å². The molecule has 0 saturated heterocycles. The summed E-state index contributed by atoms with van der Waals surface area (Å²) in [5.74, 6) is -1.42. The minimum absolute atomic E-state index is 0.207. The summed E-state index contributed by atoms with van der Waals surface area (Å²) in [4.78, 5) is 22.9. The zero-order valence-corrected chi connectivity index (χ0v) is 13.1. The zero-order chi connectivity index (χ0) is 16.8. The molecule has 0 bridgehead atoms. The third kappa shape index (κ3) is 4.07. The van der Waals surface area contributed by atoms with E-state index >= 15 is 0 Å². The van der Waals surface area contributed by atoms with Crippen LogP contribution in [0.25, 0.3) is 11.6 Å². The van der Waals surface area contributed by atoms with Gasteiger partial charge in [0.05, 0.1) is 18.2 Å². The summed E-state index contributed by atoms with van der Waals surface area (Å²) >= 11 is 0. The van der Waals surface area contributed by atoms with Gasteiger partial charge in [0.2, 0.25) is 0 Å². The Morgan fingerprint density at radius 2 is 1.57 bits per heavy atom. The highest BCUT2D eigenvalue weighted by atomic mass is 16.5. The molecule has 0 aromatic heterocycles. The van der Waals surface area contributed by atoms with Crippen molar-refractivity contribution in [1.82, 2.24) is 0 Å². The van der Waals surface area contributed by atoms with Gasteiger partial charge in [0.15, 0.2) is 0 Å². The molecule has 0 saturated carbocycles. The summed E-state index contributed by atoms with van der Waals surface area (Å²) in [5, 5.41) is 9.45. The van der Waals surface area contributed by atoms with Gasteiger partial charge in [-0.2, -0.15) is 0 Å². The monoisotopic (exact) mass is 310 g/mol. The SMILES string of the molecule is CCc1ccc(/C(=C/c2ccc(C(=O)OC)cc2)C(=O)O)cc1. The van der Waals surface area contributed by atoms with Crippen LogP contribution in [-0.2, 0) is 16.0 Å². The molecule has 4 nitrogen and oxygen atoms in total. The van der Waals surface area contributed by atoms with E-state index in [1.54, 1.807) is 30.3 Å². The predicted molar refractivity (Wildman–Crippen MR) is 89.1 cm³/mol. The van der Waals surface area contributed by atoms with Gasteiger partial charge in [-0.3, -0.25) is 0 Å². The Bertz CT molecular complexity index is 725. The van der Waals surface area contributed by atoms with Crippen LogP contribution in [0, 0.1) is 0 Å². The van der Waals surface area contributed by atoms with E-state index in [0.29, 0.717) is 16.7 Å². The van der Waals surface area contributed by atoms with Gasteiger partial charge in [-0.05, 0) is 41.3 Å². The van der Waals surface area contributed by atoms with Crippen LogP contribution >= 0.6 is 0 Å². The maximum atomic E-state index is 11.5. The van der Waals surface area contributed by atoms with Crippen LogP contribution < -0.4 is 0 Å². The quantitative estimate of drug-likeness (QED) is 0.520. The average molecular weight is 310 g/mol. The summed E-state index contributed by atoms with van der Waals surface area (Å²) in [5.41, 5.74) is 3.13. The normalized spacial score (nSPS) is 11.1. The van der Waals surface area contributed by atoms with Gasteiger partial charge in [0.1, 0.15) is 0 Å². The molecule has 2 aromatic carbocycles. The Hall–Kier alpha value is -2.88. The summed E-state index contributed by atoms with van der Waals surface area (Å²) < 4.78 is 4.64. The minimum Gasteiger partial charge on any atom is -0.478 e. The van der Waals surface area contributed by atoms with E-state index in [4.69, 9.17) is 0 Å². The molecule has 0 aliphatic rings. The maximum absolute atomic E-state index is 11.5. The third-order valence-corrected chi connectivity index (χ3v) is 3.55. The number of ether oxygens (including phenoxy) is 1. The first-order valence-corrected chi connectivity index (χ1v) is 7.27. The van der Waals surface area contributed by atoms with Crippen LogP contribution in [0.15, 0.2) is 48.5 Å². The molecule has 1 N–H and O–H groups in total. The minimum atomic E-state index is -0.994. The molecule has 2 aromatic rings. The van der Waals surface area contributed by atoms with Crippen LogP contribution in [0.5, 0.6) is 0 Å². The van der Waals surface area contributed by atoms with Crippen molar-refractivity contribution in [2.45, 2.75) is 13.3 Å². The number of methoxy groups -OCH3 is 1. The Morgan fingerprint density at radius 3 is 2.04 bits per heavy atom. The molecule has 0 atom stereocenters. The third-order valence-electron chi connectivity index (χ3n) is 3.55. The van der Waals surface area contributed by atoms with E-state index in [1.807, 2.05) is 31.2 Å². The standard InChI is InChI=1S/C19H18O4/c1-3-13-4-8-15(9-5-13)17(18(20)21)12-14-6-10-16(11-7-14)19(22)23-2/h4-12H,3H2,1-2H3,(H,20,21)/b17-12-. The van der Waals surface area contributed by atoms with Crippen LogP contribution in [-0.4, -0.2) is 24.2 Å². The second kappa shape index (κ2) is 7.40. The van der Waals surface area contributed by atoms with Crippen molar-refractivity contribution < 1.29 is 19.4 Å². The van der Waals surface area contributed by atoms with Crippen molar-refractivity contribution >= 4 is 23.6 Å². The Kier molecular flexibility index (Phi) is 5.31. The second-order valence-electron chi connectivity index (χ2n) is 5.03. The largest absolute Gasteiger partial charge is 0.478 e. The Labute approximate surface area is 135 Å². The molecule has 23 heavy (non-hydrogen) atoms. The van der Waals surface area contributed by atoms with E-state index < -0.39 is 11.9 Å². The van der Waals surface area contributed by atoms with E-state index in [-0.39, 0.29) is 5.57 Å². The van der Waals surface area contributed by atoms with Crippen molar-refractivity contribution in [3.8, 4) is 0 Å². The Balaban J connectivity index is 2.34. The van der Waals surface area contributed by atoms with Gasteiger partial charge >= 0.3 is 11.9 Å². The summed E-state index contributed by atoms with van der Waals surface area (Å²) in [7, 11) is 1.32. The van der Waals surface area contributed by atoms with Crippen molar-refractivity contribution in [2.24, 2.45) is 0 Å². The smallest absolute Gasteiger partial charge is 0.337 e. The lowest BCUT2D eigenvalue weighted by Gasteiger charge is -2.05. The van der Waals surface area contributed by atoms with Gasteiger partial charge in [0.25, 0.3) is 0 Å². The lowest BCUT2D eigenvalue weighted by atomic mass is 10.0. The first-order chi connectivity index (χ1) is 11.0. The number of benzene rings is 2. The number of hydrogen-bond acceptors (Lipinski definition) is 3. The van der Waals surface area contributed by atoms with Crippen LogP contribution in [0.3, 0.4) is 0 Å². The highest BCUT2D eigenvalue weighted by molar-refractivity contribution is 6.20. The van der Waals surface area contributed by atoms with Gasteiger partial charge in [-0.1, -0.05) is 43.3 Å². The summed E-state index contributed by atoms with van der Waals surface area (Å²) in [6.07, 6.45) is 2.49. The highest BCUT2D eigenvalue weighted by Crippen LogP contribution is 2.20. The fourth-order valence-corrected chi connectivity index (χ4v) is 2.19. The van der Waals surface area contributed by atoms with Gasteiger partial charge in [0, 0.05) is 0 Å². The molecule has 2 rings (SSSR count). The fraction of sp³-hybridized carbons (Fsp3) is 0.158. The molecule has 0 heterocycles. The first-order valence-electron chi connectivity index (χ1n) is 7.27. The topological polar surface area (TPSA) is 63.6 Å². The average Bonchev–Trinajstić information content (AvgIpc) is 2.59. The molecule has 0 aliphatic heterocycles. The number of aryl methyl sites for hydroxylation is 1. The molecular formula is C19H18O4. The molecule has 0 radical (unpaired) electrons. The maximum Gasteiger partial charge on any atom is 0.337 e. The number of rotatable bonds is 5. The van der Waals surface area contributed by atoms with E-state index in [2.05, 4.69) is 4.74 Å². The number of esters is 1. The highest BCUT2D eigenvalue weighted by Gasteiger charge is 2.11. The number of hydrogen-bond donors (Lipinski definition) is 1. The van der Waals surface area contributed by atoms with E-state index in [1.165, 1.54) is 7.11 Å². The van der Waals surface area contributed by atoms with Crippen LogP contribution in [0.2, 0.25) is 0 Å². The van der Waals surface area contributed by atoms with Gasteiger partial charge in [-0.25, -0.2) is 9.59 Å². The lowest BCUT2D eigenvalue weighted by molar-refractivity contribution is -0.130. The predicted octanol–water partition coefficient (Wildman–Crippen LogP) is 3.66. The summed E-state index contributed by atoms with van der Waals surface area (Å²) in [6.45, 7) is 2.05. The second-order valence-corrected chi connectivity index (χ2v) is 5.03. The number of carbonyl (C=O) groups excluding carboxylic acids is 1. The molecule has 0 fully saturated rings. The van der Waals surface area contributed by atoms with Crippen LogP contribution in [0.1, 0.15) is 34.0 Å². The van der Waals surface area contributed by atoms with E-state index in [0.717, 1.165) is 12.0 Å².